The number of carbonyl (C=O) groups excluding carboxylic acids is 1. The van der Waals surface area contributed by atoms with Crippen molar-refractivity contribution in [1.29, 1.82) is 0 Å². The van der Waals surface area contributed by atoms with E-state index in [0.29, 0.717) is 12.8 Å². The van der Waals surface area contributed by atoms with E-state index in [1.54, 1.807) is 0 Å². The quantitative estimate of drug-likeness (QED) is 0.770. The molecule has 1 amide bonds. The molecule has 0 aromatic rings. The van der Waals surface area contributed by atoms with Crippen LogP contribution in [-0.4, -0.2) is 23.0 Å². The van der Waals surface area contributed by atoms with Gasteiger partial charge in [-0.15, -0.1) is 0 Å². The Hall–Kier alpha value is -1.32. The fraction of sp³-hybridized carbons (Fsp3) is 0.733. The van der Waals surface area contributed by atoms with Gasteiger partial charge in [0.2, 0.25) is 5.91 Å². The first-order valence-electron chi connectivity index (χ1n) is 7.35. The third kappa shape index (κ3) is 4.08. The van der Waals surface area contributed by atoms with Gasteiger partial charge < -0.3 is 10.4 Å². The van der Waals surface area contributed by atoms with E-state index in [4.69, 9.17) is 5.11 Å². The highest BCUT2D eigenvalue weighted by Crippen LogP contribution is 2.25. The number of amides is 1. The van der Waals surface area contributed by atoms with Crippen molar-refractivity contribution in [2.75, 3.05) is 0 Å². The van der Waals surface area contributed by atoms with E-state index in [-0.39, 0.29) is 23.8 Å². The highest BCUT2D eigenvalue weighted by molar-refractivity contribution is 5.79. The molecule has 19 heavy (non-hydrogen) atoms. The van der Waals surface area contributed by atoms with Gasteiger partial charge in [0.05, 0.1) is 5.92 Å². The van der Waals surface area contributed by atoms with Crippen molar-refractivity contribution in [3.05, 3.63) is 12.2 Å². The van der Waals surface area contributed by atoms with Gasteiger partial charge in [-0.1, -0.05) is 12.2 Å². The van der Waals surface area contributed by atoms with E-state index in [0.717, 1.165) is 38.5 Å². The number of hydrogen-bond donors (Lipinski definition) is 2. The topological polar surface area (TPSA) is 66.4 Å². The van der Waals surface area contributed by atoms with E-state index in [9.17, 15) is 9.59 Å². The summed E-state index contributed by atoms with van der Waals surface area (Å²) >= 11 is 0. The second kappa shape index (κ2) is 6.73. The third-order valence-electron chi connectivity index (χ3n) is 4.32. The molecule has 2 aliphatic carbocycles. The van der Waals surface area contributed by atoms with Gasteiger partial charge in [-0.2, -0.15) is 0 Å². The molecule has 4 heteroatoms. The maximum absolute atomic E-state index is 12.2. The maximum Gasteiger partial charge on any atom is 0.306 e. The van der Waals surface area contributed by atoms with Crippen LogP contribution in [0.5, 0.6) is 0 Å². The Labute approximate surface area is 114 Å². The summed E-state index contributed by atoms with van der Waals surface area (Å²) in [6, 6.07) is 0.180. The minimum Gasteiger partial charge on any atom is -0.481 e. The molecule has 0 spiro atoms. The predicted octanol–water partition coefficient (Wildman–Crippen LogP) is 2.49. The number of carboxylic acid groups (broad SMARTS) is 1. The summed E-state index contributed by atoms with van der Waals surface area (Å²) in [4.78, 5) is 23.1. The lowest BCUT2D eigenvalue weighted by molar-refractivity contribution is -0.142. The summed E-state index contributed by atoms with van der Waals surface area (Å²) in [6.07, 6.45) is 11.1. The average Bonchev–Trinajstić information content (AvgIpc) is 2.68. The molecule has 0 atom stereocenters. The van der Waals surface area contributed by atoms with Crippen molar-refractivity contribution in [2.24, 2.45) is 11.8 Å². The van der Waals surface area contributed by atoms with Gasteiger partial charge in [-0.25, -0.2) is 0 Å². The van der Waals surface area contributed by atoms with Gasteiger partial charge in [0.1, 0.15) is 0 Å². The largest absolute Gasteiger partial charge is 0.481 e. The van der Waals surface area contributed by atoms with Crippen LogP contribution in [0.1, 0.15) is 51.4 Å². The number of carbonyl (C=O) groups is 2. The fourth-order valence-corrected chi connectivity index (χ4v) is 3.04. The molecule has 0 unspecified atom stereocenters. The van der Waals surface area contributed by atoms with Crippen molar-refractivity contribution in [3.63, 3.8) is 0 Å². The summed E-state index contributed by atoms with van der Waals surface area (Å²) in [7, 11) is 0. The van der Waals surface area contributed by atoms with E-state index in [2.05, 4.69) is 17.5 Å². The normalized spacial score (nSPS) is 28.6. The molecular weight excluding hydrogens is 242 g/mol. The summed E-state index contributed by atoms with van der Waals surface area (Å²) in [5.41, 5.74) is 0. The first-order valence-corrected chi connectivity index (χ1v) is 7.35. The van der Waals surface area contributed by atoms with Gasteiger partial charge >= 0.3 is 5.97 Å². The van der Waals surface area contributed by atoms with Crippen molar-refractivity contribution in [1.82, 2.24) is 5.32 Å². The van der Waals surface area contributed by atoms with Gasteiger partial charge in [-0.3, -0.25) is 9.59 Å². The molecule has 0 saturated heterocycles. The fourth-order valence-electron chi connectivity index (χ4n) is 3.04. The molecule has 0 aromatic heterocycles. The average molecular weight is 265 g/mol. The lowest BCUT2D eigenvalue weighted by Gasteiger charge is -2.28. The Morgan fingerprint density at radius 2 is 1.47 bits per heavy atom. The molecule has 2 N–H and O–H groups in total. The molecule has 0 heterocycles. The van der Waals surface area contributed by atoms with Gasteiger partial charge in [0.25, 0.3) is 0 Å². The molecule has 1 saturated carbocycles. The number of rotatable bonds is 3. The monoisotopic (exact) mass is 265 g/mol. The van der Waals surface area contributed by atoms with E-state index < -0.39 is 5.97 Å². The maximum atomic E-state index is 12.2. The molecule has 2 aliphatic rings. The second-order valence-electron chi connectivity index (χ2n) is 5.72. The number of nitrogens with one attached hydrogen (secondary N) is 1. The number of carboxylic acids is 1. The summed E-state index contributed by atoms with van der Waals surface area (Å²) < 4.78 is 0. The summed E-state index contributed by atoms with van der Waals surface area (Å²) in [6.45, 7) is 0. The van der Waals surface area contributed by atoms with Gasteiger partial charge in [-0.05, 0) is 51.4 Å². The summed E-state index contributed by atoms with van der Waals surface area (Å²) in [5.74, 6) is -0.607. The zero-order valence-corrected chi connectivity index (χ0v) is 11.3. The number of hydrogen-bond acceptors (Lipinski definition) is 2. The smallest absolute Gasteiger partial charge is 0.306 e. The molecule has 0 radical (unpaired) electrons. The Morgan fingerprint density at radius 1 is 0.895 bits per heavy atom. The molecular formula is C15H23NO3. The Kier molecular flexibility index (Phi) is 5.00. The Balaban J connectivity index is 1.75. The highest BCUT2D eigenvalue weighted by atomic mass is 16.4. The van der Waals surface area contributed by atoms with Crippen LogP contribution in [0, 0.1) is 11.8 Å². The Morgan fingerprint density at radius 3 is 2.00 bits per heavy atom. The SMILES string of the molecule is O=C(O)C1CCC(NC(=O)C2CCC=CCC2)CC1. The van der Waals surface area contributed by atoms with Crippen LogP contribution in [0.25, 0.3) is 0 Å². The minimum atomic E-state index is -0.695. The standard InChI is InChI=1S/C15H23NO3/c17-14(11-5-3-1-2-4-6-11)16-13-9-7-12(8-10-13)15(18)19/h1-2,11-13H,3-10H2,(H,16,17)(H,18,19). The molecule has 0 aliphatic heterocycles. The number of allylic oxidation sites excluding steroid dienone is 2. The van der Waals surface area contributed by atoms with Crippen molar-refractivity contribution < 1.29 is 14.7 Å². The minimum absolute atomic E-state index is 0.132. The highest BCUT2D eigenvalue weighted by Gasteiger charge is 2.28. The third-order valence-corrected chi connectivity index (χ3v) is 4.32. The zero-order valence-electron chi connectivity index (χ0n) is 11.3. The van der Waals surface area contributed by atoms with Crippen LogP contribution >= 0.6 is 0 Å². The van der Waals surface area contributed by atoms with Crippen molar-refractivity contribution >= 4 is 11.9 Å². The van der Waals surface area contributed by atoms with Crippen LogP contribution in [0.15, 0.2) is 12.2 Å². The number of aliphatic carboxylic acids is 1. The van der Waals surface area contributed by atoms with Crippen LogP contribution in [0.2, 0.25) is 0 Å². The van der Waals surface area contributed by atoms with Gasteiger partial charge in [0, 0.05) is 12.0 Å². The molecule has 0 bridgehead atoms. The van der Waals surface area contributed by atoms with E-state index in [1.807, 2.05) is 0 Å². The van der Waals surface area contributed by atoms with Gasteiger partial charge in [0.15, 0.2) is 0 Å². The lowest BCUT2D eigenvalue weighted by atomic mass is 9.85. The molecule has 106 valence electrons. The van der Waals surface area contributed by atoms with Crippen LogP contribution < -0.4 is 5.32 Å². The lowest BCUT2D eigenvalue weighted by Crippen LogP contribution is -2.41. The van der Waals surface area contributed by atoms with E-state index >= 15 is 0 Å². The van der Waals surface area contributed by atoms with Crippen molar-refractivity contribution in [3.8, 4) is 0 Å². The van der Waals surface area contributed by atoms with Crippen LogP contribution in [0.3, 0.4) is 0 Å². The van der Waals surface area contributed by atoms with Crippen molar-refractivity contribution in [2.45, 2.75) is 57.4 Å². The van der Waals surface area contributed by atoms with E-state index in [1.165, 1.54) is 0 Å². The first kappa shape index (κ1) is 14.1. The first-order chi connectivity index (χ1) is 9.16. The second-order valence-corrected chi connectivity index (χ2v) is 5.72. The molecule has 1 fully saturated rings. The molecule has 0 aromatic carbocycles. The molecule has 4 nitrogen and oxygen atoms in total. The summed E-state index contributed by atoms with van der Waals surface area (Å²) in [5, 5.41) is 12.1. The zero-order chi connectivity index (χ0) is 13.7. The Bertz CT molecular complexity index is 346. The van der Waals surface area contributed by atoms with Crippen LogP contribution in [-0.2, 0) is 9.59 Å². The predicted molar refractivity (Wildman–Crippen MR) is 72.6 cm³/mol. The molecule has 2 rings (SSSR count). The van der Waals surface area contributed by atoms with Crippen LogP contribution in [0.4, 0.5) is 0 Å².